The molecule has 0 nitrogen and oxygen atoms in total. The molecule has 0 bridgehead atoms. The van der Waals surface area contributed by atoms with Crippen LogP contribution in [-0.2, 0) is 12.8 Å². The fourth-order valence-corrected chi connectivity index (χ4v) is 5.89. The fraction of sp³-hybridized carbons (Fsp3) is 0.667. The van der Waals surface area contributed by atoms with Crippen molar-refractivity contribution in [2.24, 2.45) is 11.8 Å². The monoisotopic (exact) mass is 558 g/mol. The van der Waals surface area contributed by atoms with Gasteiger partial charge in [0.1, 0.15) is 0 Å². The largest absolute Gasteiger partial charge is 0.0925 e. The van der Waals surface area contributed by atoms with Gasteiger partial charge in [-0.15, -0.1) is 0 Å². The van der Waals surface area contributed by atoms with Crippen molar-refractivity contribution in [1.29, 1.82) is 0 Å². The highest BCUT2D eigenvalue weighted by Gasteiger charge is 2.06. The number of halogens is 4. The van der Waals surface area contributed by atoms with Crippen LogP contribution in [0.15, 0.2) is 24.3 Å². The molecule has 1 aromatic rings. The van der Waals surface area contributed by atoms with Crippen molar-refractivity contribution >= 4 is 63.7 Å². The lowest BCUT2D eigenvalue weighted by Crippen LogP contribution is -2.04. The molecular formula is C18H26Br4. The lowest BCUT2D eigenvalue weighted by atomic mass is 9.99. The average molecular weight is 562 g/mol. The number of benzene rings is 1. The first-order valence-corrected chi connectivity index (χ1v) is 12.5. The Morgan fingerprint density at radius 1 is 0.591 bits per heavy atom. The Hall–Kier alpha value is 1.14. The number of aryl methyl sites for hydroxylation is 2. The zero-order chi connectivity index (χ0) is 16.2. The molecule has 4 heteroatoms. The molecule has 1 aromatic carbocycles. The molecule has 0 aromatic heterocycles. The quantitative estimate of drug-likeness (QED) is 0.238. The average Bonchev–Trinajstić information content (AvgIpc) is 2.57. The Kier molecular flexibility index (Phi) is 12.9. The fourth-order valence-electron chi connectivity index (χ4n) is 2.45. The summed E-state index contributed by atoms with van der Waals surface area (Å²) in [4.78, 5) is 0. The molecule has 0 spiro atoms. The van der Waals surface area contributed by atoms with Gasteiger partial charge in [-0.05, 0) is 61.5 Å². The van der Waals surface area contributed by atoms with Gasteiger partial charge in [0.05, 0.1) is 0 Å². The maximum absolute atomic E-state index is 3.58. The van der Waals surface area contributed by atoms with Crippen LogP contribution in [0.3, 0.4) is 0 Å². The standard InChI is InChI=1S/C18H26Br4/c19-11-17(12-20)5-1-3-15-7-9-16(10-8-15)4-2-6-18(13-21)14-22/h7-10,17-18H,1-6,11-14H2. The van der Waals surface area contributed by atoms with Crippen LogP contribution < -0.4 is 0 Å². The Labute approximate surface area is 169 Å². The summed E-state index contributed by atoms with van der Waals surface area (Å²) in [6.07, 6.45) is 7.54. The zero-order valence-corrected chi connectivity index (χ0v) is 19.4. The minimum absolute atomic E-state index is 0.760. The lowest BCUT2D eigenvalue weighted by molar-refractivity contribution is 0.575. The molecular weight excluding hydrogens is 536 g/mol. The van der Waals surface area contributed by atoms with E-state index in [1.54, 1.807) is 0 Å². The summed E-state index contributed by atoms with van der Waals surface area (Å²) in [5.41, 5.74) is 2.95. The number of rotatable bonds is 12. The minimum Gasteiger partial charge on any atom is -0.0925 e. The van der Waals surface area contributed by atoms with E-state index < -0.39 is 0 Å². The van der Waals surface area contributed by atoms with Gasteiger partial charge in [-0.25, -0.2) is 0 Å². The number of hydrogen-bond acceptors (Lipinski definition) is 0. The van der Waals surface area contributed by atoms with Gasteiger partial charge in [-0.2, -0.15) is 0 Å². The molecule has 0 aliphatic carbocycles. The zero-order valence-electron chi connectivity index (χ0n) is 13.0. The molecule has 0 heterocycles. The molecule has 0 amide bonds. The molecule has 0 aliphatic rings. The van der Waals surface area contributed by atoms with Gasteiger partial charge in [0.15, 0.2) is 0 Å². The molecule has 0 saturated carbocycles. The smallest absolute Gasteiger partial charge is 0.00676 e. The molecule has 0 aliphatic heterocycles. The minimum atomic E-state index is 0.760. The molecule has 0 saturated heterocycles. The molecule has 0 N–H and O–H groups in total. The van der Waals surface area contributed by atoms with Crippen LogP contribution in [0.4, 0.5) is 0 Å². The SMILES string of the molecule is BrCC(CBr)CCCc1ccc(CCCC(CBr)CBr)cc1. The molecule has 22 heavy (non-hydrogen) atoms. The summed E-state index contributed by atoms with van der Waals surface area (Å²) in [7, 11) is 0. The summed E-state index contributed by atoms with van der Waals surface area (Å²) in [5.74, 6) is 1.52. The van der Waals surface area contributed by atoms with Crippen molar-refractivity contribution in [3.05, 3.63) is 35.4 Å². The van der Waals surface area contributed by atoms with E-state index in [2.05, 4.69) is 88.0 Å². The molecule has 0 fully saturated rings. The second-order valence-corrected chi connectivity index (χ2v) is 8.54. The maximum Gasteiger partial charge on any atom is 0.00676 e. The summed E-state index contributed by atoms with van der Waals surface area (Å²) < 4.78 is 0. The third-order valence-electron chi connectivity index (χ3n) is 4.05. The predicted molar refractivity (Wildman–Crippen MR) is 114 cm³/mol. The van der Waals surface area contributed by atoms with Crippen LogP contribution in [-0.4, -0.2) is 21.3 Å². The van der Waals surface area contributed by atoms with Crippen molar-refractivity contribution in [3.8, 4) is 0 Å². The molecule has 1 rings (SSSR count). The highest BCUT2D eigenvalue weighted by molar-refractivity contribution is 9.10. The van der Waals surface area contributed by atoms with E-state index in [9.17, 15) is 0 Å². The van der Waals surface area contributed by atoms with Crippen LogP contribution in [0.1, 0.15) is 36.8 Å². The van der Waals surface area contributed by atoms with Crippen molar-refractivity contribution < 1.29 is 0 Å². The van der Waals surface area contributed by atoms with E-state index in [-0.39, 0.29) is 0 Å². The van der Waals surface area contributed by atoms with Gasteiger partial charge in [0.2, 0.25) is 0 Å². The molecule has 0 unspecified atom stereocenters. The molecule has 0 atom stereocenters. The molecule has 0 radical (unpaired) electrons. The van der Waals surface area contributed by atoms with Gasteiger partial charge in [0, 0.05) is 21.3 Å². The number of alkyl halides is 4. The van der Waals surface area contributed by atoms with Crippen LogP contribution in [0.5, 0.6) is 0 Å². The van der Waals surface area contributed by atoms with E-state index in [4.69, 9.17) is 0 Å². The third kappa shape index (κ3) is 8.84. The first-order chi connectivity index (χ1) is 10.7. The van der Waals surface area contributed by atoms with Crippen molar-refractivity contribution in [2.75, 3.05) is 21.3 Å². The van der Waals surface area contributed by atoms with Gasteiger partial charge in [-0.3, -0.25) is 0 Å². The first-order valence-electron chi connectivity index (χ1n) is 8.05. The van der Waals surface area contributed by atoms with Crippen LogP contribution >= 0.6 is 63.7 Å². The summed E-state index contributed by atoms with van der Waals surface area (Å²) in [6, 6.07) is 9.27. The van der Waals surface area contributed by atoms with Crippen LogP contribution in [0, 0.1) is 11.8 Å². The lowest BCUT2D eigenvalue weighted by Gasteiger charge is -2.11. The van der Waals surface area contributed by atoms with Crippen LogP contribution in [0.2, 0.25) is 0 Å². The summed E-state index contributed by atoms with van der Waals surface area (Å²) in [5, 5.41) is 4.39. The Bertz CT molecular complexity index is 332. The normalized spacial score (nSPS) is 11.5. The second-order valence-electron chi connectivity index (χ2n) is 5.95. The number of hydrogen-bond donors (Lipinski definition) is 0. The topological polar surface area (TPSA) is 0 Å². The van der Waals surface area contributed by atoms with Gasteiger partial charge in [-0.1, -0.05) is 88.0 Å². The van der Waals surface area contributed by atoms with E-state index in [1.165, 1.54) is 49.7 Å². The van der Waals surface area contributed by atoms with Crippen molar-refractivity contribution in [2.45, 2.75) is 38.5 Å². The van der Waals surface area contributed by atoms with E-state index in [1.807, 2.05) is 0 Å². The third-order valence-corrected chi connectivity index (χ3v) is 7.71. The van der Waals surface area contributed by atoms with E-state index >= 15 is 0 Å². The Morgan fingerprint density at radius 2 is 0.909 bits per heavy atom. The summed E-state index contributed by atoms with van der Waals surface area (Å²) in [6.45, 7) is 0. The van der Waals surface area contributed by atoms with E-state index in [0.29, 0.717) is 0 Å². The van der Waals surface area contributed by atoms with Crippen LogP contribution in [0.25, 0.3) is 0 Å². The van der Waals surface area contributed by atoms with Gasteiger partial charge < -0.3 is 0 Å². The second kappa shape index (κ2) is 13.4. The van der Waals surface area contributed by atoms with Gasteiger partial charge >= 0.3 is 0 Å². The predicted octanol–water partition coefficient (Wildman–Crippen LogP) is 7.14. The maximum atomic E-state index is 3.58. The van der Waals surface area contributed by atoms with E-state index in [0.717, 1.165) is 33.2 Å². The first kappa shape index (κ1) is 21.2. The highest BCUT2D eigenvalue weighted by Crippen LogP contribution is 2.18. The van der Waals surface area contributed by atoms with Crippen molar-refractivity contribution in [3.63, 3.8) is 0 Å². The van der Waals surface area contributed by atoms with Gasteiger partial charge in [0.25, 0.3) is 0 Å². The molecule has 126 valence electrons. The summed E-state index contributed by atoms with van der Waals surface area (Å²) >= 11 is 14.3. The highest BCUT2D eigenvalue weighted by atomic mass is 79.9. The Balaban J connectivity index is 2.27. The van der Waals surface area contributed by atoms with Crippen molar-refractivity contribution in [1.82, 2.24) is 0 Å². The Morgan fingerprint density at radius 3 is 1.18 bits per heavy atom.